The molecule has 0 aliphatic heterocycles. The largest absolute Gasteiger partial charge is 0.265 e. The van der Waals surface area contributed by atoms with E-state index in [2.05, 4.69) is 4.98 Å². The molecule has 0 aliphatic rings. The molecular formula is C5H6ClN. The van der Waals surface area contributed by atoms with E-state index >= 15 is 0 Å². The van der Waals surface area contributed by atoms with Crippen LogP contribution < -0.4 is 0 Å². The van der Waals surface area contributed by atoms with Gasteiger partial charge in [0.25, 0.3) is 0 Å². The van der Waals surface area contributed by atoms with Gasteiger partial charge in [-0.3, -0.25) is 4.98 Å². The van der Waals surface area contributed by atoms with Crippen molar-refractivity contribution in [3.8, 4) is 0 Å². The number of pyridine rings is 1. The van der Waals surface area contributed by atoms with Crippen LogP contribution in [0.25, 0.3) is 0 Å². The van der Waals surface area contributed by atoms with E-state index in [-0.39, 0.29) is 12.4 Å². The minimum Gasteiger partial charge on any atom is -0.265 e. The molecule has 7 heavy (non-hydrogen) atoms. The van der Waals surface area contributed by atoms with E-state index in [1.807, 2.05) is 18.2 Å². The monoisotopic (exact) mass is 117 g/mol. The van der Waals surface area contributed by atoms with Gasteiger partial charge in [-0.25, -0.2) is 0 Å². The van der Waals surface area contributed by atoms with Crippen molar-refractivity contribution in [3.05, 3.63) is 30.6 Å². The van der Waals surface area contributed by atoms with Crippen molar-refractivity contribution < 1.29 is 0 Å². The fraction of sp³-hybridized carbons (Fsp3) is 0. The van der Waals surface area contributed by atoms with Gasteiger partial charge < -0.3 is 0 Å². The third kappa shape index (κ3) is 2.18. The van der Waals surface area contributed by atoms with Crippen molar-refractivity contribution >= 4 is 12.4 Å². The van der Waals surface area contributed by atoms with Gasteiger partial charge in [-0.15, -0.1) is 12.4 Å². The molecule has 0 atom stereocenters. The molecule has 0 spiro atoms. The quantitative estimate of drug-likeness (QED) is 0.502. The van der Waals surface area contributed by atoms with E-state index in [0.29, 0.717) is 0 Å². The van der Waals surface area contributed by atoms with E-state index in [4.69, 9.17) is 0 Å². The minimum absolute atomic E-state index is 0. The van der Waals surface area contributed by atoms with Gasteiger partial charge in [0.2, 0.25) is 0 Å². The fourth-order valence-corrected chi connectivity index (χ4v) is 0.313. The summed E-state index contributed by atoms with van der Waals surface area (Å²) in [5.41, 5.74) is 0. The lowest BCUT2D eigenvalue weighted by molar-refractivity contribution is 1.33. The SMILES string of the molecule is Cl.c1c[13cH]n[13cH]c1. The number of halogens is 1. The van der Waals surface area contributed by atoms with Crippen LogP contribution in [0, 0.1) is 0 Å². The van der Waals surface area contributed by atoms with Gasteiger partial charge >= 0.3 is 0 Å². The summed E-state index contributed by atoms with van der Waals surface area (Å²) in [6.07, 6.45) is 3.50. The van der Waals surface area contributed by atoms with Crippen molar-refractivity contribution in [2.24, 2.45) is 0 Å². The average Bonchev–Trinajstić information content (AvgIpc) is 1.72. The molecule has 1 aromatic rings. The molecular weight excluding hydrogens is 111 g/mol. The predicted octanol–water partition coefficient (Wildman–Crippen LogP) is 1.50. The van der Waals surface area contributed by atoms with Gasteiger partial charge in [-0.05, 0) is 12.1 Å². The highest BCUT2D eigenvalue weighted by Crippen LogP contribution is 1.73. The molecule has 2 heteroatoms. The lowest BCUT2D eigenvalue weighted by Gasteiger charge is -1.70. The van der Waals surface area contributed by atoms with Crippen LogP contribution in [0.2, 0.25) is 0 Å². The summed E-state index contributed by atoms with van der Waals surface area (Å²) in [5, 5.41) is 0. The summed E-state index contributed by atoms with van der Waals surface area (Å²) >= 11 is 0. The van der Waals surface area contributed by atoms with Crippen LogP contribution in [-0.2, 0) is 0 Å². The van der Waals surface area contributed by atoms with Gasteiger partial charge in [0.05, 0.1) is 0 Å². The number of rotatable bonds is 0. The Labute approximate surface area is 48.8 Å². The van der Waals surface area contributed by atoms with E-state index < -0.39 is 0 Å². The maximum absolute atomic E-state index is 3.78. The fourth-order valence-electron chi connectivity index (χ4n) is 0.313. The topological polar surface area (TPSA) is 12.9 Å². The van der Waals surface area contributed by atoms with Crippen LogP contribution >= 0.6 is 12.4 Å². The molecule has 0 saturated carbocycles. The summed E-state index contributed by atoms with van der Waals surface area (Å²) in [7, 11) is 0. The Bertz CT molecular complexity index is 80.0. The average molecular weight is 118 g/mol. The van der Waals surface area contributed by atoms with Gasteiger partial charge in [0, 0.05) is 12.4 Å². The molecule has 0 saturated heterocycles. The lowest BCUT2D eigenvalue weighted by Crippen LogP contribution is -1.58. The second kappa shape index (κ2) is 3.62. The number of hydrogen-bond donors (Lipinski definition) is 0. The number of nitrogens with zero attached hydrogens (tertiary/aromatic N) is 1. The Balaban J connectivity index is 0.000000360. The number of hydrogen-bond acceptors (Lipinski definition) is 1. The van der Waals surface area contributed by atoms with Crippen LogP contribution in [-0.4, -0.2) is 4.98 Å². The second-order valence-corrected chi connectivity index (χ2v) is 1.02. The normalized spacial score (nSPS) is 6.86. The van der Waals surface area contributed by atoms with Crippen molar-refractivity contribution in [1.82, 2.24) is 4.98 Å². The van der Waals surface area contributed by atoms with Crippen LogP contribution in [0.1, 0.15) is 0 Å². The Morgan fingerprint density at radius 1 is 0.857 bits per heavy atom. The molecule has 0 aliphatic carbocycles. The Kier molecular flexibility index (Phi) is 3.33. The third-order valence-corrected chi connectivity index (χ3v) is 0.566. The van der Waals surface area contributed by atoms with Crippen molar-refractivity contribution in [2.45, 2.75) is 0 Å². The predicted molar refractivity (Wildman–Crippen MR) is 31.5 cm³/mol. The van der Waals surface area contributed by atoms with Crippen LogP contribution in [0.15, 0.2) is 30.6 Å². The highest BCUT2D eigenvalue weighted by atomic mass is 35.5. The molecule has 1 nitrogen and oxygen atoms in total. The molecule has 0 bridgehead atoms. The molecule has 0 radical (unpaired) electrons. The lowest BCUT2D eigenvalue weighted by atomic mass is 10.7. The van der Waals surface area contributed by atoms with Gasteiger partial charge in [-0.1, -0.05) is 6.07 Å². The second-order valence-electron chi connectivity index (χ2n) is 1.02. The van der Waals surface area contributed by atoms with E-state index in [1.165, 1.54) is 0 Å². The summed E-state index contributed by atoms with van der Waals surface area (Å²) in [6.45, 7) is 0. The van der Waals surface area contributed by atoms with E-state index in [9.17, 15) is 0 Å². The standard InChI is InChI=1S/C5H5N.ClH/c1-2-4-6-5-3-1;/h1-5H;1H/i4+1,5+1;. The maximum Gasteiger partial charge on any atom is 0.0267 e. The van der Waals surface area contributed by atoms with Gasteiger partial charge in [-0.2, -0.15) is 0 Å². The summed E-state index contributed by atoms with van der Waals surface area (Å²) in [5.74, 6) is 0. The maximum atomic E-state index is 3.78. The molecule has 0 fully saturated rings. The Hall–Kier alpha value is -0.560. The van der Waals surface area contributed by atoms with Crippen LogP contribution in [0.4, 0.5) is 0 Å². The first kappa shape index (κ1) is 6.44. The Morgan fingerprint density at radius 3 is 1.57 bits per heavy atom. The zero-order valence-electron chi connectivity index (χ0n) is 3.74. The highest BCUT2D eigenvalue weighted by Gasteiger charge is 1.58. The molecule has 0 aromatic carbocycles. The molecule has 1 aromatic heterocycles. The zero-order valence-corrected chi connectivity index (χ0v) is 4.56. The van der Waals surface area contributed by atoms with Gasteiger partial charge in [0.1, 0.15) is 0 Å². The highest BCUT2D eigenvalue weighted by molar-refractivity contribution is 5.85. The molecule has 38 valence electrons. The smallest absolute Gasteiger partial charge is 0.0267 e. The number of aromatic nitrogens is 1. The summed E-state index contributed by atoms with van der Waals surface area (Å²) in [6, 6.07) is 5.72. The molecule has 0 amide bonds. The molecule has 1 rings (SSSR count). The van der Waals surface area contributed by atoms with Gasteiger partial charge in [0.15, 0.2) is 0 Å². The first-order valence-electron chi connectivity index (χ1n) is 1.85. The van der Waals surface area contributed by atoms with Crippen molar-refractivity contribution in [1.29, 1.82) is 0 Å². The first-order chi connectivity index (χ1) is 3.00. The summed E-state index contributed by atoms with van der Waals surface area (Å²) in [4.78, 5) is 3.78. The Morgan fingerprint density at radius 2 is 1.43 bits per heavy atom. The first-order valence-corrected chi connectivity index (χ1v) is 1.85. The zero-order chi connectivity index (χ0) is 4.24. The summed E-state index contributed by atoms with van der Waals surface area (Å²) < 4.78 is 0. The third-order valence-electron chi connectivity index (χ3n) is 0.566. The van der Waals surface area contributed by atoms with Crippen molar-refractivity contribution in [2.75, 3.05) is 0 Å². The van der Waals surface area contributed by atoms with E-state index in [1.54, 1.807) is 12.4 Å². The minimum atomic E-state index is 0. The van der Waals surface area contributed by atoms with Crippen molar-refractivity contribution in [3.63, 3.8) is 0 Å². The molecule has 0 unspecified atom stereocenters. The molecule has 0 N–H and O–H groups in total. The van der Waals surface area contributed by atoms with Crippen LogP contribution in [0.5, 0.6) is 0 Å². The van der Waals surface area contributed by atoms with Crippen LogP contribution in [0.3, 0.4) is 0 Å². The molecule has 1 heterocycles. The van der Waals surface area contributed by atoms with E-state index in [0.717, 1.165) is 0 Å².